The van der Waals surface area contributed by atoms with Crippen LogP contribution in [0.15, 0.2) is 77.7 Å². The summed E-state index contributed by atoms with van der Waals surface area (Å²) in [5.41, 5.74) is 0.799. The minimum Gasteiger partial charge on any atom is -0.497 e. The Balaban J connectivity index is 2.07. The van der Waals surface area contributed by atoms with Gasteiger partial charge in [0.15, 0.2) is 0 Å². The first-order chi connectivity index (χ1) is 19.1. The van der Waals surface area contributed by atoms with Crippen LogP contribution in [0, 0.1) is 0 Å². The fourth-order valence-electron chi connectivity index (χ4n) is 4.12. The van der Waals surface area contributed by atoms with Crippen molar-refractivity contribution in [3.63, 3.8) is 0 Å². The Kier molecular flexibility index (Phi) is 11.2. The Morgan fingerprint density at radius 2 is 1.65 bits per heavy atom. The first kappa shape index (κ1) is 31.3. The number of methoxy groups -OCH3 is 1. The number of sulfonamides is 1. The molecule has 3 aromatic carbocycles. The number of nitrogens with one attached hydrogen (secondary N) is 1. The molecule has 0 spiro atoms. The molecule has 0 heterocycles. The first-order valence-corrected chi connectivity index (χ1v) is 15.0. The van der Waals surface area contributed by atoms with E-state index in [4.69, 9.17) is 27.9 Å². The topological polar surface area (TPSA) is 96.0 Å². The summed E-state index contributed by atoms with van der Waals surface area (Å²) in [6.45, 7) is 3.65. The summed E-state index contributed by atoms with van der Waals surface area (Å²) in [6.07, 6.45) is 1.05. The Morgan fingerprint density at radius 1 is 0.975 bits per heavy atom. The number of rotatable bonds is 13. The number of carbonyl (C=O) groups is 2. The Morgan fingerprint density at radius 3 is 2.25 bits per heavy atom. The summed E-state index contributed by atoms with van der Waals surface area (Å²) in [4.78, 5) is 28.6. The van der Waals surface area contributed by atoms with Crippen molar-refractivity contribution in [2.24, 2.45) is 0 Å². The first-order valence-electron chi connectivity index (χ1n) is 12.8. The fraction of sp³-hybridized carbons (Fsp3) is 0.310. The molecule has 3 aromatic rings. The number of benzene rings is 3. The molecular weight excluding hydrogens is 573 g/mol. The summed E-state index contributed by atoms with van der Waals surface area (Å²) >= 11 is 12.7. The molecule has 0 saturated carbocycles. The number of ether oxygens (including phenoxy) is 1. The van der Waals surface area contributed by atoms with E-state index in [2.05, 4.69) is 5.32 Å². The zero-order valence-corrected chi connectivity index (χ0v) is 25.0. The maximum atomic E-state index is 14.0. The van der Waals surface area contributed by atoms with E-state index >= 15 is 0 Å². The van der Waals surface area contributed by atoms with Crippen LogP contribution in [-0.4, -0.2) is 51.4 Å². The molecule has 214 valence electrons. The maximum absolute atomic E-state index is 14.0. The van der Waals surface area contributed by atoms with Gasteiger partial charge in [-0.3, -0.25) is 13.9 Å². The van der Waals surface area contributed by atoms with Crippen molar-refractivity contribution >= 4 is 50.7 Å². The Hall–Kier alpha value is -3.27. The molecule has 0 fully saturated rings. The van der Waals surface area contributed by atoms with Gasteiger partial charge < -0.3 is 15.0 Å². The standard InChI is InChI=1S/C29H33Cl2N3O5S/c1-4-17-32-29(36)26(5-2)33(19-21-11-14-23(39-3)15-12-21)28(35)20-34(27-18-22(30)13-16-25(27)31)40(37,38)24-9-7-6-8-10-24/h6-16,18,26H,4-5,17,19-20H2,1-3H3,(H,32,36)/t26-/m1/s1. The summed E-state index contributed by atoms with van der Waals surface area (Å²) in [5, 5.41) is 3.21. The van der Waals surface area contributed by atoms with Crippen LogP contribution in [0.4, 0.5) is 5.69 Å². The molecule has 3 rings (SSSR count). The van der Waals surface area contributed by atoms with Crippen molar-refractivity contribution < 1.29 is 22.7 Å². The predicted octanol–water partition coefficient (Wildman–Crippen LogP) is 5.53. The Bertz CT molecular complexity index is 1400. The highest BCUT2D eigenvalue weighted by molar-refractivity contribution is 7.92. The summed E-state index contributed by atoms with van der Waals surface area (Å²) in [6, 6.07) is 18.4. The average Bonchev–Trinajstić information content (AvgIpc) is 2.96. The minimum absolute atomic E-state index is 0.0201. The van der Waals surface area contributed by atoms with Gasteiger partial charge in [0.25, 0.3) is 10.0 Å². The number of nitrogens with zero attached hydrogens (tertiary/aromatic N) is 2. The molecule has 0 aliphatic carbocycles. The van der Waals surface area contributed by atoms with Gasteiger partial charge >= 0.3 is 0 Å². The van der Waals surface area contributed by atoms with Gasteiger partial charge in [-0.05, 0) is 60.9 Å². The summed E-state index contributed by atoms with van der Waals surface area (Å²) < 4.78 is 33.9. The van der Waals surface area contributed by atoms with Crippen LogP contribution in [0.3, 0.4) is 0 Å². The molecule has 0 saturated heterocycles. The normalized spacial score (nSPS) is 11.9. The third-order valence-electron chi connectivity index (χ3n) is 6.23. The number of hydrogen-bond acceptors (Lipinski definition) is 5. The molecule has 1 atom stereocenters. The molecule has 2 amide bonds. The number of hydrogen-bond donors (Lipinski definition) is 1. The van der Waals surface area contributed by atoms with E-state index in [1.807, 2.05) is 6.92 Å². The van der Waals surface area contributed by atoms with Gasteiger partial charge in [-0.15, -0.1) is 0 Å². The lowest BCUT2D eigenvalue weighted by atomic mass is 10.1. The van der Waals surface area contributed by atoms with Gasteiger partial charge in [0, 0.05) is 18.1 Å². The van der Waals surface area contributed by atoms with Crippen molar-refractivity contribution in [2.75, 3.05) is 24.5 Å². The SMILES string of the molecule is CCCNC(=O)[C@@H](CC)N(Cc1ccc(OC)cc1)C(=O)CN(c1cc(Cl)ccc1Cl)S(=O)(=O)c1ccccc1. The van der Waals surface area contributed by atoms with Crippen LogP contribution in [0.2, 0.25) is 10.0 Å². The van der Waals surface area contributed by atoms with Gasteiger partial charge in [-0.25, -0.2) is 8.42 Å². The smallest absolute Gasteiger partial charge is 0.264 e. The van der Waals surface area contributed by atoms with Crippen molar-refractivity contribution in [3.05, 3.63) is 88.4 Å². The van der Waals surface area contributed by atoms with Gasteiger partial charge in [-0.2, -0.15) is 0 Å². The van der Waals surface area contributed by atoms with Crippen molar-refractivity contribution in [1.29, 1.82) is 0 Å². The second kappa shape index (κ2) is 14.4. The second-order valence-electron chi connectivity index (χ2n) is 9.01. The van der Waals surface area contributed by atoms with Gasteiger partial charge in [0.2, 0.25) is 11.8 Å². The maximum Gasteiger partial charge on any atom is 0.264 e. The van der Waals surface area contributed by atoms with Gasteiger partial charge in [0.1, 0.15) is 18.3 Å². The van der Waals surface area contributed by atoms with Crippen LogP contribution in [0.25, 0.3) is 0 Å². The fourth-order valence-corrected chi connectivity index (χ4v) is 6.01. The lowest BCUT2D eigenvalue weighted by Gasteiger charge is -2.33. The third-order valence-corrected chi connectivity index (χ3v) is 8.56. The van der Waals surface area contributed by atoms with Gasteiger partial charge in [-0.1, -0.05) is 67.4 Å². The molecular formula is C29H33Cl2N3O5S. The number of anilines is 1. The minimum atomic E-state index is -4.25. The van der Waals surface area contributed by atoms with E-state index in [0.717, 1.165) is 16.3 Å². The largest absolute Gasteiger partial charge is 0.497 e. The molecule has 0 aromatic heterocycles. The zero-order chi connectivity index (χ0) is 29.3. The van der Waals surface area contributed by atoms with Crippen LogP contribution in [0.1, 0.15) is 32.3 Å². The highest BCUT2D eigenvalue weighted by atomic mass is 35.5. The number of amides is 2. The molecule has 0 unspecified atom stereocenters. The number of halogens is 2. The average molecular weight is 607 g/mol. The summed E-state index contributed by atoms with van der Waals surface area (Å²) in [5.74, 6) is -0.251. The second-order valence-corrected chi connectivity index (χ2v) is 11.7. The van der Waals surface area contributed by atoms with E-state index in [1.54, 1.807) is 56.5 Å². The Labute approximate surface area is 245 Å². The lowest BCUT2D eigenvalue weighted by Crippen LogP contribution is -2.52. The summed E-state index contributed by atoms with van der Waals surface area (Å²) in [7, 11) is -2.69. The molecule has 0 bridgehead atoms. The third kappa shape index (κ3) is 7.68. The molecule has 11 heteroatoms. The van der Waals surface area contributed by atoms with Crippen LogP contribution < -0.4 is 14.4 Å². The predicted molar refractivity (Wildman–Crippen MR) is 158 cm³/mol. The molecule has 0 aliphatic rings. The molecule has 0 aliphatic heterocycles. The molecule has 0 radical (unpaired) electrons. The van der Waals surface area contributed by atoms with Crippen LogP contribution >= 0.6 is 23.2 Å². The van der Waals surface area contributed by atoms with Crippen molar-refractivity contribution in [3.8, 4) is 5.75 Å². The van der Waals surface area contributed by atoms with E-state index in [-0.39, 0.29) is 33.1 Å². The van der Waals surface area contributed by atoms with Crippen LogP contribution in [0.5, 0.6) is 5.75 Å². The number of carbonyl (C=O) groups excluding carboxylic acids is 2. The van der Waals surface area contributed by atoms with Crippen LogP contribution in [-0.2, 0) is 26.2 Å². The molecule has 40 heavy (non-hydrogen) atoms. The van der Waals surface area contributed by atoms with E-state index in [9.17, 15) is 18.0 Å². The van der Waals surface area contributed by atoms with E-state index in [0.29, 0.717) is 18.7 Å². The van der Waals surface area contributed by atoms with Crippen molar-refractivity contribution in [1.82, 2.24) is 10.2 Å². The zero-order valence-electron chi connectivity index (χ0n) is 22.6. The quantitative estimate of drug-likeness (QED) is 0.276. The lowest BCUT2D eigenvalue weighted by molar-refractivity contribution is -0.140. The highest BCUT2D eigenvalue weighted by Gasteiger charge is 2.34. The molecule has 8 nitrogen and oxygen atoms in total. The monoisotopic (exact) mass is 605 g/mol. The highest BCUT2D eigenvalue weighted by Crippen LogP contribution is 2.33. The van der Waals surface area contributed by atoms with E-state index < -0.39 is 28.5 Å². The van der Waals surface area contributed by atoms with Gasteiger partial charge in [0.05, 0.1) is 22.7 Å². The van der Waals surface area contributed by atoms with E-state index in [1.165, 1.54) is 35.2 Å². The molecule has 1 N–H and O–H groups in total. The van der Waals surface area contributed by atoms with Crippen molar-refractivity contribution in [2.45, 2.75) is 44.2 Å².